The maximum absolute atomic E-state index is 4.67. The maximum atomic E-state index is 4.67. The third-order valence-corrected chi connectivity index (χ3v) is 3.69. The van der Waals surface area contributed by atoms with Crippen LogP contribution >= 0.6 is 11.8 Å². The van der Waals surface area contributed by atoms with E-state index in [9.17, 15) is 0 Å². The van der Waals surface area contributed by atoms with E-state index in [0.717, 1.165) is 11.7 Å². The van der Waals surface area contributed by atoms with Crippen molar-refractivity contribution in [2.24, 2.45) is 10.4 Å². The summed E-state index contributed by atoms with van der Waals surface area (Å²) in [6.45, 7) is 12.1. The van der Waals surface area contributed by atoms with Gasteiger partial charge in [0.1, 0.15) is 0 Å². The van der Waals surface area contributed by atoms with Crippen molar-refractivity contribution in [1.29, 1.82) is 0 Å². The SMILES string of the molecule is CCC1(C)CCSC(=NCC(C)(C)C)N1. The van der Waals surface area contributed by atoms with Gasteiger partial charge in [-0.1, -0.05) is 39.5 Å². The average molecular weight is 228 g/mol. The highest BCUT2D eigenvalue weighted by molar-refractivity contribution is 8.13. The third-order valence-electron chi connectivity index (χ3n) is 2.78. The van der Waals surface area contributed by atoms with E-state index in [0.29, 0.717) is 0 Å². The predicted molar refractivity (Wildman–Crippen MR) is 70.7 cm³/mol. The summed E-state index contributed by atoms with van der Waals surface area (Å²) in [6.07, 6.45) is 2.41. The van der Waals surface area contributed by atoms with Crippen LogP contribution in [0.4, 0.5) is 0 Å². The number of nitrogens with one attached hydrogen (secondary N) is 1. The molecule has 88 valence electrons. The predicted octanol–water partition coefficient (Wildman–Crippen LogP) is 3.28. The highest BCUT2D eigenvalue weighted by atomic mass is 32.2. The molecule has 1 fully saturated rings. The third kappa shape index (κ3) is 4.45. The van der Waals surface area contributed by atoms with Crippen molar-refractivity contribution < 1.29 is 0 Å². The lowest BCUT2D eigenvalue weighted by atomic mass is 9.95. The van der Waals surface area contributed by atoms with Gasteiger partial charge in [0, 0.05) is 17.8 Å². The summed E-state index contributed by atoms with van der Waals surface area (Å²) in [4.78, 5) is 4.67. The normalized spacial score (nSPS) is 30.3. The van der Waals surface area contributed by atoms with Crippen LogP contribution in [0.2, 0.25) is 0 Å². The molecule has 3 heteroatoms. The van der Waals surface area contributed by atoms with Crippen LogP contribution in [0.5, 0.6) is 0 Å². The minimum Gasteiger partial charge on any atom is -0.360 e. The van der Waals surface area contributed by atoms with Crippen LogP contribution in [0.15, 0.2) is 4.99 Å². The van der Waals surface area contributed by atoms with E-state index in [-0.39, 0.29) is 11.0 Å². The summed E-state index contributed by atoms with van der Waals surface area (Å²) in [5.74, 6) is 1.19. The van der Waals surface area contributed by atoms with Crippen LogP contribution in [0.1, 0.15) is 47.5 Å². The Morgan fingerprint density at radius 1 is 1.47 bits per heavy atom. The molecule has 0 aromatic rings. The molecule has 1 atom stereocenters. The summed E-state index contributed by atoms with van der Waals surface area (Å²) in [7, 11) is 0. The number of aliphatic imine (C=N–C) groups is 1. The Morgan fingerprint density at radius 2 is 2.13 bits per heavy atom. The van der Waals surface area contributed by atoms with E-state index in [2.05, 4.69) is 44.9 Å². The van der Waals surface area contributed by atoms with Crippen LogP contribution < -0.4 is 5.32 Å². The molecule has 1 unspecified atom stereocenters. The second-order valence-corrected chi connectivity index (χ2v) is 6.90. The number of amidine groups is 1. The van der Waals surface area contributed by atoms with Gasteiger partial charge in [-0.2, -0.15) is 0 Å². The van der Waals surface area contributed by atoms with Crippen molar-refractivity contribution in [3.05, 3.63) is 0 Å². The smallest absolute Gasteiger partial charge is 0.156 e. The molecule has 0 saturated carbocycles. The zero-order valence-electron chi connectivity index (χ0n) is 10.7. The molecule has 1 saturated heterocycles. The van der Waals surface area contributed by atoms with Crippen molar-refractivity contribution in [3.8, 4) is 0 Å². The van der Waals surface area contributed by atoms with Crippen molar-refractivity contribution in [2.75, 3.05) is 12.3 Å². The Labute approximate surface area is 98.3 Å². The lowest BCUT2D eigenvalue weighted by Gasteiger charge is -2.35. The molecular formula is C12H24N2S. The molecule has 1 aliphatic rings. The fourth-order valence-corrected chi connectivity index (χ4v) is 2.61. The Hall–Kier alpha value is -0.180. The first kappa shape index (κ1) is 12.9. The molecule has 0 aromatic heterocycles. The zero-order chi connectivity index (χ0) is 11.5. The zero-order valence-corrected chi connectivity index (χ0v) is 11.5. The second kappa shape index (κ2) is 4.77. The molecule has 2 nitrogen and oxygen atoms in total. The van der Waals surface area contributed by atoms with Gasteiger partial charge in [-0.05, 0) is 25.2 Å². The number of hydrogen-bond donors (Lipinski definition) is 1. The van der Waals surface area contributed by atoms with Crippen LogP contribution in [-0.4, -0.2) is 23.0 Å². The molecule has 0 spiro atoms. The van der Waals surface area contributed by atoms with Gasteiger partial charge in [0.25, 0.3) is 0 Å². The molecule has 1 heterocycles. The largest absolute Gasteiger partial charge is 0.360 e. The van der Waals surface area contributed by atoms with Crippen molar-refractivity contribution in [3.63, 3.8) is 0 Å². The lowest BCUT2D eigenvalue weighted by molar-refractivity contribution is 0.386. The standard InChI is InChI=1S/C12H24N2S/c1-6-12(5)7-8-15-10(14-12)13-9-11(2,3)4/h6-9H2,1-5H3,(H,13,14). The van der Waals surface area contributed by atoms with Gasteiger partial charge in [-0.3, -0.25) is 4.99 Å². The van der Waals surface area contributed by atoms with Gasteiger partial charge in [0.05, 0.1) is 0 Å². The van der Waals surface area contributed by atoms with Gasteiger partial charge in [-0.25, -0.2) is 0 Å². The summed E-state index contributed by atoms with van der Waals surface area (Å²) >= 11 is 1.86. The monoisotopic (exact) mass is 228 g/mol. The lowest BCUT2D eigenvalue weighted by Crippen LogP contribution is -2.48. The molecule has 0 aliphatic carbocycles. The topological polar surface area (TPSA) is 24.4 Å². The molecule has 1 aliphatic heterocycles. The number of nitrogens with zero attached hydrogens (tertiary/aromatic N) is 1. The minimum atomic E-state index is 0.266. The molecule has 0 amide bonds. The second-order valence-electron chi connectivity index (χ2n) is 5.82. The molecule has 15 heavy (non-hydrogen) atoms. The van der Waals surface area contributed by atoms with Gasteiger partial charge in [-0.15, -0.1) is 0 Å². The molecule has 1 rings (SSSR count). The summed E-state index contributed by atoms with van der Waals surface area (Å²) in [5, 5.41) is 4.70. The Balaban J connectivity index is 2.56. The van der Waals surface area contributed by atoms with Gasteiger partial charge in [0.15, 0.2) is 5.17 Å². The van der Waals surface area contributed by atoms with Gasteiger partial charge >= 0.3 is 0 Å². The van der Waals surface area contributed by atoms with E-state index < -0.39 is 0 Å². The molecular weight excluding hydrogens is 204 g/mol. The average Bonchev–Trinajstić information content (AvgIpc) is 2.14. The fourth-order valence-electron chi connectivity index (χ4n) is 1.39. The quantitative estimate of drug-likeness (QED) is 0.784. The maximum Gasteiger partial charge on any atom is 0.156 e. The van der Waals surface area contributed by atoms with Gasteiger partial charge < -0.3 is 5.32 Å². The van der Waals surface area contributed by atoms with Crippen LogP contribution in [0.25, 0.3) is 0 Å². The summed E-state index contributed by atoms with van der Waals surface area (Å²) in [5.41, 5.74) is 0.553. The van der Waals surface area contributed by atoms with Crippen LogP contribution in [0, 0.1) is 5.41 Å². The first-order chi connectivity index (χ1) is 6.85. The highest BCUT2D eigenvalue weighted by Gasteiger charge is 2.27. The summed E-state index contributed by atoms with van der Waals surface area (Å²) in [6, 6.07) is 0. The van der Waals surface area contributed by atoms with Crippen molar-refractivity contribution >= 4 is 16.9 Å². The molecule has 1 N–H and O–H groups in total. The molecule has 0 radical (unpaired) electrons. The van der Waals surface area contributed by atoms with Crippen molar-refractivity contribution in [1.82, 2.24) is 5.32 Å². The number of rotatable bonds is 2. The Bertz CT molecular complexity index is 242. The van der Waals surface area contributed by atoms with E-state index in [1.807, 2.05) is 11.8 Å². The van der Waals surface area contributed by atoms with Crippen LogP contribution in [0.3, 0.4) is 0 Å². The van der Waals surface area contributed by atoms with Crippen LogP contribution in [-0.2, 0) is 0 Å². The number of hydrogen-bond acceptors (Lipinski definition) is 2. The summed E-state index contributed by atoms with van der Waals surface area (Å²) < 4.78 is 0. The van der Waals surface area contributed by atoms with E-state index in [1.54, 1.807) is 0 Å². The fraction of sp³-hybridized carbons (Fsp3) is 0.917. The van der Waals surface area contributed by atoms with E-state index in [4.69, 9.17) is 0 Å². The van der Waals surface area contributed by atoms with Crippen molar-refractivity contribution in [2.45, 2.75) is 53.0 Å². The molecule has 0 bridgehead atoms. The van der Waals surface area contributed by atoms with E-state index in [1.165, 1.54) is 18.6 Å². The first-order valence-electron chi connectivity index (χ1n) is 5.80. The Morgan fingerprint density at radius 3 is 2.67 bits per heavy atom. The Kier molecular flexibility index (Phi) is 4.10. The minimum absolute atomic E-state index is 0.266. The van der Waals surface area contributed by atoms with E-state index >= 15 is 0 Å². The highest BCUT2D eigenvalue weighted by Crippen LogP contribution is 2.25. The molecule has 0 aromatic carbocycles. The number of thioether (sulfide) groups is 1. The first-order valence-corrected chi connectivity index (χ1v) is 6.79. The van der Waals surface area contributed by atoms with Gasteiger partial charge in [0.2, 0.25) is 0 Å².